The minimum atomic E-state index is -0.313. The molecule has 0 unspecified atom stereocenters. The summed E-state index contributed by atoms with van der Waals surface area (Å²) in [4.78, 5) is 20.6. The van der Waals surface area contributed by atoms with Gasteiger partial charge in [-0.05, 0) is 42.7 Å². The molecule has 28 heavy (non-hydrogen) atoms. The Kier molecular flexibility index (Phi) is 6.41. The quantitative estimate of drug-likeness (QED) is 0.352. The second-order valence-electron chi connectivity index (χ2n) is 6.24. The minimum absolute atomic E-state index is 0.163. The Morgan fingerprint density at radius 2 is 1.75 bits per heavy atom. The average molecular weight is 389 g/mol. The molecule has 140 valence electrons. The number of hydrogen-bond donors (Lipinski definition) is 0. The number of carbonyl (C=O) groups excluding carboxylic acids is 1. The molecular formula is C22H19N3O2S. The molecule has 0 aliphatic carbocycles. The van der Waals surface area contributed by atoms with Crippen molar-refractivity contribution in [3.8, 4) is 17.2 Å². The first-order valence-electron chi connectivity index (χ1n) is 8.74. The van der Waals surface area contributed by atoms with Gasteiger partial charge in [-0.15, -0.1) is 0 Å². The van der Waals surface area contributed by atoms with Crippen LogP contribution in [-0.4, -0.2) is 21.7 Å². The number of hydrogen-bond acceptors (Lipinski definition) is 6. The van der Waals surface area contributed by atoms with Gasteiger partial charge >= 0.3 is 5.97 Å². The van der Waals surface area contributed by atoms with E-state index in [1.54, 1.807) is 6.07 Å². The summed E-state index contributed by atoms with van der Waals surface area (Å²) >= 11 is 1.27. The Bertz CT molecular complexity index is 1010. The van der Waals surface area contributed by atoms with Crippen molar-refractivity contribution in [2.24, 2.45) is 0 Å². The zero-order chi connectivity index (χ0) is 19.9. The van der Waals surface area contributed by atoms with Gasteiger partial charge in [0, 0.05) is 11.4 Å². The summed E-state index contributed by atoms with van der Waals surface area (Å²) in [5.74, 6) is -0.150. The molecule has 0 amide bonds. The summed E-state index contributed by atoms with van der Waals surface area (Å²) in [5, 5.41) is 9.80. The largest absolute Gasteiger partial charge is 0.460 e. The molecule has 0 aliphatic rings. The molecule has 1 aromatic heterocycles. The molecule has 3 rings (SSSR count). The normalized spacial score (nSPS) is 10.3. The van der Waals surface area contributed by atoms with Crippen LogP contribution in [0.4, 0.5) is 0 Å². The lowest BCUT2D eigenvalue weighted by Crippen LogP contribution is -2.08. The van der Waals surface area contributed by atoms with Crippen LogP contribution in [0, 0.1) is 25.2 Å². The lowest BCUT2D eigenvalue weighted by atomic mass is 9.99. The molecule has 0 radical (unpaired) electrons. The van der Waals surface area contributed by atoms with Gasteiger partial charge < -0.3 is 4.74 Å². The summed E-state index contributed by atoms with van der Waals surface area (Å²) in [7, 11) is 0. The summed E-state index contributed by atoms with van der Waals surface area (Å²) in [6, 6.07) is 19.2. The van der Waals surface area contributed by atoms with Crippen LogP contribution in [0.25, 0.3) is 11.1 Å². The summed E-state index contributed by atoms with van der Waals surface area (Å²) in [6.07, 6.45) is 0. The molecule has 0 saturated heterocycles. The molecule has 0 aliphatic heterocycles. The Labute approximate surface area is 168 Å². The average Bonchev–Trinajstić information content (AvgIpc) is 2.70. The number of aryl methyl sites for hydroxylation is 2. The van der Waals surface area contributed by atoms with Crippen LogP contribution < -0.4 is 0 Å². The monoisotopic (exact) mass is 389 g/mol. The van der Waals surface area contributed by atoms with E-state index in [1.807, 2.05) is 62.4 Å². The van der Waals surface area contributed by atoms with E-state index in [9.17, 15) is 10.1 Å². The highest BCUT2D eigenvalue weighted by Gasteiger charge is 2.08. The molecule has 0 spiro atoms. The number of ether oxygens (including phenoxy) is 1. The lowest BCUT2D eigenvalue weighted by molar-refractivity contribution is -0.141. The lowest BCUT2D eigenvalue weighted by Gasteiger charge is -2.07. The van der Waals surface area contributed by atoms with Crippen molar-refractivity contribution in [2.45, 2.75) is 25.6 Å². The maximum Gasteiger partial charge on any atom is 0.316 e. The van der Waals surface area contributed by atoms with Gasteiger partial charge in [-0.25, -0.2) is 9.97 Å². The zero-order valence-corrected chi connectivity index (χ0v) is 16.5. The zero-order valence-electron chi connectivity index (χ0n) is 15.7. The van der Waals surface area contributed by atoms with Crippen molar-refractivity contribution in [3.63, 3.8) is 0 Å². The molecule has 2 aromatic carbocycles. The van der Waals surface area contributed by atoms with Gasteiger partial charge in [-0.3, -0.25) is 4.79 Å². The van der Waals surface area contributed by atoms with E-state index in [4.69, 9.17) is 4.74 Å². The van der Waals surface area contributed by atoms with Crippen LogP contribution in [0.2, 0.25) is 0 Å². The smallest absolute Gasteiger partial charge is 0.316 e. The third kappa shape index (κ3) is 5.18. The van der Waals surface area contributed by atoms with Gasteiger partial charge in [0.25, 0.3) is 0 Å². The van der Waals surface area contributed by atoms with E-state index in [1.165, 1.54) is 11.8 Å². The molecule has 0 bridgehead atoms. The number of esters is 1. The number of benzene rings is 2. The third-order valence-electron chi connectivity index (χ3n) is 3.99. The van der Waals surface area contributed by atoms with Gasteiger partial charge in [0.15, 0.2) is 5.16 Å². The fraction of sp³-hybridized carbons (Fsp3) is 0.182. The molecule has 3 aromatic rings. The van der Waals surface area contributed by atoms with Crippen molar-refractivity contribution in [1.29, 1.82) is 5.26 Å². The maximum atomic E-state index is 12.0. The number of nitriles is 1. The predicted octanol–water partition coefficient (Wildman–Crippen LogP) is 4.47. The van der Waals surface area contributed by atoms with Crippen LogP contribution in [0.5, 0.6) is 0 Å². The van der Waals surface area contributed by atoms with E-state index >= 15 is 0 Å². The second kappa shape index (κ2) is 9.16. The Morgan fingerprint density at radius 1 is 1.07 bits per heavy atom. The number of rotatable bonds is 6. The van der Waals surface area contributed by atoms with E-state index in [2.05, 4.69) is 16.0 Å². The van der Waals surface area contributed by atoms with Crippen LogP contribution in [0.1, 0.15) is 22.5 Å². The predicted molar refractivity (Wildman–Crippen MR) is 109 cm³/mol. The summed E-state index contributed by atoms with van der Waals surface area (Å²) < 4.78 is 5.33. The van der Waals surface area contributed by atoms with Crippen molar-refractivity contribution in [3.05, 3.63) is 77.1 Å². The highest BCUT2D eigenvalue weighted by Crippen LogP contribution is 2.23. The van der Waals surface area contributed by atoms with Crippen LogP contribution in [0.3, 0.4) is 0 Å². The SMILES string of the molecule is Cc1cc(C)nc(SCC(=O)OCc2ccc(-c3ccccc3C#N)cc2)n1. The standard InChI is InChI=1S/C22H19N3O2S/c1-15-11-16(2)25-22(24-15)28-14-21(26)27-13-17-7-9-18(10-8-17)20-6-4-3-5-19(20)12-23/h3-11H,13-14H2,1-2H3. The van der Waals surface area contributed by atoms with Crippen molar-refractivity contribution < 1.29 is 9.53 Å². The van der Waals surface area contributed by atoms with Gasteiger partial charge in [0.05, 0.1) is 17.4 Å². The molecule has 0 atom stereocenters. The van der Waals surface area contributed by atoms with E-state index in [-0.39, 0.29) is 18.3 Å². The number of thioether (sulfide) groups is 1. The Hall–Kier alpha value is -3.17. The number of carbonyl (C=O) groups is 1. The fourth-order valence-corrected chi connectivity index (χ4v) is 3.45. The maximum absolute atomic E-state index is 12.0. The Balaban J connectivity index is 1.54. The highest BCUT2D eigenvalue weighted by atomic mass is 32.2. The van der Waals surface area contributed by atoms with Crippen LogP contribution >= 0.6 is 11.8 Å². The van der Waals surface area contributed by atoms with Crippen molar-refractivity contribution >= 4 is 17.7 Å². The van der Waals surface area contributed by atoms with Crippen LogP contribution in [0.15, 0.2) is 59.8 Å². The first-order valence-corrected chi connectivity index (χ1v) is 9.73. The van der Waals surface area contributed by atoms with Gasteiger partial charge in [0.2, 0.25) is 0 Å². The first-order chi connectivity index (χ1) is 13.5. The van der Waals surface area contributed by atoms with E-state index in [0.29, 0.717) is 10.7 Å². The van der Waals surface area contributed by atoms with Gasteiger partial charge in [0.1, 0.15) is 6.61 Å². The van der Waals surface area contributed by atoms with Crippen LogP contribution in [-0.2, 0) is 16.1 Å². The van der Waals surface area contributed by atoms with Gasteiger partial charge in [-0.2, -0.15) is 5.26 Å². The summed E-state index contributed by atoms with van der Waals surface area (Å²) in [5.41, 5.74) is 5.11. The fourth-order valence-electron chi connectivity index (χ4n) is 2.70. The second-order valence-corrected chi connectivity index (χ2v) is 7.18. The number of nitrogens with zero attached hydrogens (tertiary/aromatic N) is 3. The van der Waals surface area contributed by atoms with Crippen molar-refractivity contribution in [2.75, 3.05) is 5.75 Å². The highest BCUT2D eigenvalue weighted by molar-refractivity contribution is 7.99. The molecule has 6 heteroatoms. The van der Waals surface area contributed by atoms with Gasteiger partial charge in [-0.1, -0.05) is 54.2 Å². The topological polar surface area (TPSA) is 75.9 Å². The molecule has 1 heterocycles. The molecule has 0 fully saturated rings. The molecule has 0 N–H and O–H groups in total. The summed E-state index contributed by atoms with van der Waals surface area (Å²) in [6.45, 7) is 4.00. The van der Waals surface area contributed by atoms with Crippen molar-refractivity contribution in [1.82, 2.24) is 9.97 Å². The first kappa shape index (κ1) is 19.6. The minimum Gasteiger partial charge on any atom is -0.460 e. The third-order valence-corrected chi connectivity index (χ3v) is 4.81. The molecular weight excluding hydrogens is 370 g/mol. The van der Waals surface area contributed by atoms with E-state index < -0.39 is 0 Å². The molecule has 0 saturated carbocycles. The van der Waals surface area contributed by atoms with E-state index in [0.717, 1.165) is 28.1 Å². The molecule has 5 nitrogen and oxygen atoms in total. The number of aromatic nitrogens is 2. The Morgan fingerprint density at radius 3 is 2.43 bits per heavy atom.